The van der Waals surface area contributed by atoms with Crippen molar-refractivity contribution >= 4 is 73.1 Å². The fourth-order valence-electron chi connectivity index (χ4n) is 4.60. The third-order valence-corrected chi connectivity index (χ3v) is 7.80. The maximum atomic E-state index is 12.8. The molecule has 1 heterocycles. The molecule has 0 saturated carbocycles. The fraction of sp³-hybridized carbons (Fsp3) is 0.650. The predicted molar refractivity (Wildman–Crippen MR) is 112 cm³/mol. The van der Waals surface area contributed by atoms with Gasteiger partial charge in [-0.25, -0.2) is 17.9 Å². The van der Waals surface area contributed by atoms with Crippen molar-refractivity contribution in [3.63, 3.8) is 0 Å². The van der Waals surface area contributed by atoms with E-state index >= 15 is 0 Å². The molecule has 1 fully saturated rings. The summed E-state index contributed by atoms with van der Waals surface area (Å²) in [7, 11) is -3.99. The van der Waals surface area contributed by atoms with Crippen molar-refractivity contribution in [2.45, 2.75) is 63.5 Å². The second-order valence-electron chi connectivity index (χ2n) is 7.63. The Balaban J connectivity index is 0.00000306. The number of rotatable bonds is 4. The van der Waals surface area contributed by atoms with Gasteiger partial charge in [-0.2, -0.15) is 0 Å². The summed E-state index contributed by atoms with van der Waals surface area (Å²) >= 11 is 0. The van der Waals surface area contributed by atoms with Crippen LogP contribution in [0.1, 0.15) is 61.6 Å². The average molecular weight is 436 g/mol. The summed E-state index contributed by atoms with van der Waals surface area (Å²) in [6.45, 7) is -5.38. The number of carbonyl (C=O) groups is 1. The molecule has 0 aromatic heterocycles. The summed E-state index contributed by atoms with van der Waals surface area (Å²) in [5.74, 6) is 0. The number of nitrogens with zero attached hydrogens (tertiary/aromatic N) is 1. The van der Waals surface area contributed by atoms with Gasteiger partial charge in [-0.3, -0.25) is 0 Å². The number of aryl methyl sites for hydroxylation is 2. The summed E-state index contributed by atoms with van der Waals surface area (Å²) in [4.78, 5) is 13.8. The molecular formula is C20H29KN3O3S. The van der Waals surface area contributed by atoms with E-state index in [4.69, 9.17) is 6.85 Å². The van der Waals surface area contributed by atoms with Crippen LogP contribution in [-0.4, -0.2) is 95.6 Å². The van der Waals surface area contributed by atoms with Crippen molar-refractivity contribution in [3.8, 4) is 0 Å². The van der Waals surface area contributed by atoms with E-state index in [2.05, 4.69) is 16.1 Å². The number of hydrogen-bond donors (Lipinski definition) is 2. The second-order valence-corrected chi connectivity index (χ2v) is 9.59. The van der Waals surface area contributed by atoms with Gasteiger partial charge in [0, 0.05) is 63.9 Å². The molecule has 6 nitrogen and oxygen atoms in total. The van der Waals surface area contributed by atoms with E-state index in [-0.39, 0.29) is 77.3 Å². The van der Waals surface area contributed by atoms with Crippen LogP contribution in [0.5, 0.6) is 0 Å². The zero-order valence-corrected chi connectivity index (χ0v) is 20.2. The standard InChI is InChI=1S/C20H29N3O3S.K/c1-2-23-11-9-16(10-12-23)27(25,26)22-20(24)21-19-17-7-3-5-14(17)13-15-6-4-8-18(15)19;/h13,16H,2-12H2,1H3,(H2,21,22,24);/i1D3,2D2;. The number of piperidine rings is 1. The number of sulfonamides is 1. The van der Waals surface area contributed by atoms with E-state index in [1.54, 1.807) is 0 Å². The number of fused-ring (bicyclic) bond motifs is 2. The van der Waals surface area contributed by atoms with E-state index in [1.165, 1.54) is 11.1 Å². The van der Waals surface area contributed by atoms with Crippen LogP contribution in [0.2, 0.25) is 0 Å². The van der Waals surface area contributed by atoms with Crippen molar-refractivity contribution in [3.05, 3.63) is 28.3 Å². The molecule has 1 saturated heterocycles. The minimum absolute atomic E-state index is 0. The molecule has 1 aromatic rings. The van der Waals surface area contributed by atoms with E-state index in [0.717, 1.165) is 60.2 Å². The Morgan fingerprint density at radius 1 is 1.18 bits per heavy atom. The van der Waals surface area contributed by atoms with Crippen LogP contribution in [0.25, 0.3) is 0 Å². The van der Waals surface area contributed by atoms with Crippen LogP contribution >= 0.6 is 0 Å². The summed E-state index contributed by atoms with van der Waals surface area (Å²) in [5, 5.41) is 1.93. The number of anilines is 1. The molecule has 8 heteroatoms. The number of urea groups is 1. The normalized spacial score (nSPS) is 23.2. The number of benzene rings is 1. The first-order valence-corrected chi connectivity index (χ1v) is 11.2. The Labute approximate surface area is 217 Å². The minimum Gasteiger partial charge on any atom is -0.307 e. The Kier molecular flexibility index (Phi) is 5.64. The number of carbonyl (C=O) groups excluding carboxylic acids is 1. The smallest absolute Gasteiger partial charge is 0.307 e. The summed E-state index contributed by atoms with van der Waals surface area (Å²) in [6.07, 6.45) is 5.83. The van der Waals surface area contributed by atoms with Gasteiger partial charge in [0.2, 0.25) is 10.0 Å². The Bertz CT molecular complexity index is 993. The number of nitrogens with one attached hydrogen (secondary N) is 2. The van der Waals surface area contributed by atoms with Crippen LogP contribution in [0.3, 0.4) is 0 Å². The molecule has 149 valence electrons. The zero-order valence-electron chi connectivity index (χ0n) is 21.3. The maximum absolute atomic E-state index is 12.8. The molecule has 2 amide bonds. The molecule has 1 aromatic carbocycles. The van der Waals surface area contributed by atoms with Crippen molar-refractivity contribution in [1.82, 2.24) is 9.62 Å². The first-order valence-electron chi connectivity index (χ1n) is 12.1. The van der Waals surface area contributed by atoms with E-state index in [9.17, 15) is 13.2 Å². The Morgan fingerprint density at radius 3 is 2.36 bits per heavy atom. The molecule has 1 aliphatic heterocycles. The van der Waals surface area contributed by atoms with Crippen LogP contribution in [0.15, 0.2) is 6.07 Å². The van der Waals surface area contributed by atoms with Gasteiger partial charge >= 0.3 is 6.03 Å². The number of amides is 2. The molecule has 3 aliphatic rings. The van der Waals surface area contributed by atoms with Crippen molar-refractivity contribution in [1.29, 1.82) is 0 Å². The first-order chi connectivity index (χ1) is 14.9. The maximum Gasteiger partial charge on any atom is 0.332 e. The van der Waals surface area contributed by atoms with Crippen molar-refractivity contribution in [2.24, 2.45) is 0 Å². The van der Waals surface area contributed by atoms with Crippen molar-refractivity contribution in [2.75, 3.05) is 24.9 Å². The average Bonchev–Trinajstić information content (AvgIpc) is 3.36. The SMILES string of the molecule is [2H]C([2H])([2H])C([2H])([2H])N1CCC(S(=O)(=O)NC(=O)Nc2c3c(cc4c2CCC4)CCC3)CC1.[K]. The predicted octanol–water partition coefficient (Wildman–Crippen LogP) is 2.22. The Morgan fingerprint density at radius 2 is 1.79 bits per heavy atom. The van der Waals surface area contributed by atoms with Gasteiger partial charge in [0.1, 0.15) is 0 Å². The Hall–Kier alpha value is 0.0364. The minimum atomic E-state index is -3.99. The van der Waals surface area contributed by atoms with E-state index < -0.39 is 34.7 Å². The molecule has 0 bridgehead atoms. The van der Waals surface area contributed by atoms with Gasteiger partial charge in [-0.1, -0.05) is 12.9 Å². The molecule has 0 spiro atoms. The largest absolute Gasteiger partial charge is 0.332 e. The number of hydrogen-bond acceptors (Lipinski definition) is 4. The fourth-order valence-corrected chi connectivity index (χ4v) is 5.90. The van der Waals surface area contributed by atoms with Gasteiger partial charge in [0.25, 0.3) is 0 Å². The summed E-state index contributed by atoms with van der Waals surface area (Å²) in [6, 6.07) is 1.45. The first kappa shape index (κ1) is 16.7. The molecular weight excluding hydrogens is 401 g/mol. The van der Waals surface area contributed by atoms with E-state index in [0.29, 0.717) is 0 Å². The molecule has 1 radical (unpaired) electrons. The third-order valence-electron chi connectivity index (χ3n) is 5.99. The van der Waals surface area contributed by atoms with Crippen LogP contribution < -0.4 is 10.0 Å². The molecule has 0 unspecified atom stereocenters. The molecule has 28 heavy (non-hydrogen) atoms. The molecule has 2 aliphatic carbocycles. The van der Waals surface area contributed by atoms with Crippen LogP contribution in [-0.2, 0) is 35.7 Å². The monoisotopic (exact) mass is 435 g/mol. The zero-order chi connectivity index (χ0) is 23.3. The summed E-state index contributed by atoms with van der Waals surface area (Å²) < 4.78 is 65.6. The van der Waals surface area contributed by atoms with E-state index in [1.807, 2.05) is 0 Å². The van der Waals surface area contributed by atoms with Gasteiger partial charge in [-0.05, 0) is 93.2 Å². The van der Waals surface area contributed by atoms with Gasteiger partial charge in [-0.15, -0.1) is 0 Å². The number of likely N-dealkylation sites (tertiary alicyclic amines) is 1. The molecule has 4 rings (SSSR count). The topological polar surface area (TPSA) is 78.5 Å². The van der Waals surface area contributed by atoms with Crippen LogP contribution in [0.4, 0.5) is 10.5 Å². The van der Waals surface area contributed by atoms with Crippen molar-refractivity contribution < 1.29 is 20.1 Å². The molecule has 2 N–H and O–H groups in total. The second kappa shape index (κ2) is 9.45. The van der Waals surface area contributed by atoms with Gasteiger partial charge in [0.15, 0.2) is 0 Å². The third kappa shape index (κ3) is 4.68. The summed E-state index contributed by atoms with van der Waals surface area (Å²) in [5.41, 5.74) is 5.46. The van der Waals surface area contributed by atoms with Gasteiger partial charge in [0.05, 0.1) is 5.25 Å². The quantitative estimate of drug-likeness (QED) is 0.711. The molecule has 0 atom stereocenters. The van der Waals surface area contributed by atoms with Crippen LogP contribution in [0, 0.1) is 0 Å². The van der Waals surface area contributed by atoms with Gasteiger partial charge < -0.3 is 10.2 Å².